The number of rotatable bonds is 49. The Morgan fingerprint density at radius 1 is 0.328 bits per heavy atom. The first kappa shape index (κ1) is 59.4. The molecule has 0 spiro atoms. The van der Waals surface area contributed by atoms with Gasteiger partial charge in [0.1, 0.15) is 13.2 Å². The molecule has 0 saturated heterocycles. The lowest BCUT2D eigenvalue weighted by molar-refractivity contribution is -0.167. The Morgan fingerprint density at radius 2 is 0.574 bits per heavy atom. The minimum Gasteiger partial charge on any atom is -0.462 e. The van der Waals surface area contributed by atoms with E-state index in [9.17, 15) is 14.4 Å². The maximum absolute atomic E-state index is 12.8. The molecule has 0 aromatic rings. The Bertz CT molecular complexity index is 935. The highest BCUT2D eigenvalue weighted by Gasteiger charge is 2.19. The lowest BCUT2D eigenvalue weighted by Crippen LogP contribution is -2.30. The molecule has 0 bridgehead atoms. The zero-order valence-corrected chi connectivity index (χ0v) is 41.8. The van der Waals surface area contributed by atoms with Gasteiger partial charge in [0.15, 0.2) is 6.10 Å². The van der Waals surface area contributed by atoms with E-state index in [1.807, 2.05) is 0 Å². The molecular formula is C55H106O6. The molecule has 3 atom stereocenters. The predicted octanol–water partition coefficient (Wildman–Crippen LogP) is 17.7. The highest BCUT2D eigenvalue weighted by atomic mass is 16.6. The van der Waals surface area contributed by atoms with Gasteiger partial charge in [0.25, 0.3) is 0 Å². The van der Waals surface area contributed by atoms with E-state index < -0.39 is 6.10 Å². The number of hydrogen-bond donors (Lipinski definition) is 0. The SMILES string of the molecule is CCCCCCCCCCCCCCCCCC(=O)OC[C@H](COC(=O)CCCCCCCCCCCCC(C)CC)OC(=O)CCCCCCCCCCCCC(C)CC. The van der Waals surface area contributed by atoms with Crippen LogP contribution in [0.3, 0.4) is 0 Å². The quantitative estimate of drug-likeness (QED) is 0.0344. The Kier molecular flexibility index (Phi) is 46.6. The van der Waals surface area contributed by atoms with Gasteiger partial charge in [-0.3, -0.25) is 14.4 Å². The van der Waals surface area contributed by atoms with E-state index in [2.05, 4.69) is 34.6 Å². The van der Waals surface area contributed by atoms with Crippen LogP contribution in [0, 0.1) is 11.8 Å². The minimum absolute atomic E-state index is 0.0634. The van der Waals surface area contributed by atoms with E-state index in [0.717, 1.165) is 69.6 Å². The normalized spacial score (nSPS) is 12.9. The van der Waals surface area contributed by atoms with Gasteiger partial charge in [-0.05, 0) is 31.1 Å². The van der Waals surface area contributed by atoms with Crippen molar-refractivity contribution < 1.29 is 28.6 Å². The standard InChI is InChI=1S/C55H106O6/c1-6-9-10-11-12-13-14-15-16-17-18-25-30-35-40-45-53(56)59-48-52(61-55(58)47-42-37-32-27-22-20-24-29-34-39-44-51(5)8-3)49-60-54(57)46-41-36-31-26-21-19-23-28-33-38-43-50(4)7-2/h50-52H,6-49H2,1-5H3/t50?,51?,52-/m1/s1. The molecular weight excluding hydrogens is 757 g/mol. The number of carbonyl (C=O) groups excluding carboxylic acids is 3. The lowest BCUT2D eigenvalue weighted by atomic mass is 9.99. The van der Waals surface area contributed by atoms with Crippen LogP contribution in [-0.4, -0.2) is 37.2 Å². The number of unbranched alkanes of at least 4 members (excludes halogenated alkanes) is 32. The number of esters is 3. The summed E-state index contributed by atoms with van der Waals surface area (Å²) < 4.78 is 16.9. The van der Waals surface area contributed by atoms with Crippen molar-refractivity contribution in [3.05, 3.63) is 0 Å². The highest BCUT2D eigenvalue weighted by molar-refractivity contribution is 5.71. The second-order valence-electron chi connectivity index (χ2n) is 19.4. The number of hydrogen-bond acceptors (Lipinski definition) is 6. The van der Waals surface area contributed by atoms with Gasteiger partial charge < -0.3 is 14.2 Å². The van der Waals surface area contributed by atoms with Crippen LogP contribution in [0.15, 0.2) is 0 Å². The topological polar surface area (TPSA) is 78.9 Å². The van der Waals surface area contributed by atoms with Crippen LogP contribution < -0.4 is 0 Å². The first-order chi connectivity index (χ1) is 29.8. The molecule has 0 aromatic carbocycles. The molecule has 0 aromatic heterocycles. The Balaban J connectivity index is 4.33. The van der Waals surface area contributed by atoms with Crippen LogP contribution in [0.1, 0.15) is 304 Å². The molecule has 2 unspecified atom stereocenters. The number of ether oxygens (including phenoxy) is 3. The Labute approximate surface area is 380 Å². The van der Waals surface area contributed by atoms with Gasteiger partial charge in [-0.15, -0.1) is 0 Å². The smallest absolute Gasteiger partial charge is 0.306 e. The molecule has 0 saturated carbocycles. The second kappa shape index (κ2) is 47.9. The summed E-state index contributed by atoms with van der Waals surface area (Å²) in [5.41, 5.74) is 0. The summed E-state index contributed by atoms with van der Waals surface area (Å²) in [6.07, 6.45) is 49.3. The van der Waals surface area contributed by atoms with Gasteiger partial charge in [-0.2, -0.15) is 0 Å². The van der Waals surface area contributed by atoms with Crippen LogP contribution in [0.4, 0.5) is 0 Å². The van der Waals surface area contributed by atoms with Gasteiger partial charge in [-0.25, -0.2) is 0 Å². The minimum atomic E-state index is -0.762. The van der Waals surface area contributed by atoms with Crippen LogP contribution in [-0.2, 0) is 28.6 Å². The summed E-state index contributed by atoms with van der Waals surface area (Å²) in [7, 11) is 0. The second-order valence-corrected chi connectivity index (χ2v) is 19.4. The van der Waals surface area contributed by atoms with Crippen LogP contribution >= 0.6 is 0 Å². The molecule has 0 aliphatic rings. The fourth-order valence-electron chi connectivity index (χ4n) is 8.28. The average Bonchev–Trinajstić information content (AvgIpc) is 3.26. The van der Waals surface area contributed by atoms with Gasteiger partial charge >= 0.3 is 17.9 Å². The molecule has 6 nitrogen and oxygen atoms in total. The van der Waals surface area contributed by atoms with Crippen molar-refractivity contribution in [2.75, 3.05) is 13.2 Å². The molecule has 0 aliphatic carbocycles. The first-order valence-corrected chi connectivity index (χ1v) is 27.3. The van der Waals surface area contributed by atoms with E-state index in [4.69, 9.17) is 14.2 Å². The summed E-state index contributed by atoms with van der Waals surface area (Å²) in [6, 6.07) is 0. The highest BCUT2D eigenvalue weighted by Crippen LogP contribution is 2.18. The third-order valence-corrected chi connectivity index (χ3v) is 13.2. The van der Waals surface area contributed by atoms with Crippen molar-refractivity contribution >= 4 is 17.9 Å². The monoisotopic (exact) mass is 863 g/mol. The fraction of sp³-hybridized carbons (Fsp3) is 0.945. The molecule has 362 valence electrons. The van der Waals surface area contributed by atoms with E-state index in [0.29, 0.717) is 19.3 Å². The van der Waals surface area contributed by atoms with Gasteiger partial charge in [-0.1, -0.05) is 266 Å². The van der Waals surface area contributed by atoms with E-state index in [-0.39, 0.29) is 31.1 Å². The first-order valence-electron chi connectivity index (χ1n) is 27.3. The van der Waals surface area contributed by atoms with Crippen molar-refractivity contribution in [2.45, 2.75) is 310 Å². The molecule has 0 rings (SSSR count). The maximum Gasteiger partial charge on any atom is 0.306 e. The van der Waals surface area contributed by atoms with Crippen LogP contribution in [0.25, 0.3) is 0 Å². The van der Waals surface area contributed by atoms with Crippen LogP contribution in [0.5, 0.6) is 0 Å². The summed E-state index contributed by atoms with van der Waals surface area (Å²) in [6.45, 7) is 11.4. The molecule has 0 radical (unpaired) electrons. The molecule has 6 heteroatoms. The zero-order valence-electron chi connectivity index (χ0n) is 41.8. The van der Waals surface area contributed by atoms with Crippen molar-refractivity contribution in [2.24, 2.45) is 11.8 Å². The van der Waals surface area contributed by atoms with E-state index in [1.54, 1.807) is 0 Å². The van der Waals surface area contributed by atoms with Crippen molar-refractivity contribution in [1.82, 2.24) is 0 Å². The van der Waals surface area contributed by atoms with Gasteiger partial charge in [0, 0.05) is 19.3 Å². The van der Waals surface area contributed by atoms with E-state index >= 15 is 0 Å². The lowest BCUT2D eigenvalue weighted by Gasteiger charge is -2.18. The van der Waals surface area contributed by atoms with Crippen molar-refractivity contribution in [3.63, 3.8) is 0 Å². The fourth-order valence-corrected chi connectivity index (χ4v) is 8.28. The number of carbonyl (C=O) groups is 3. The molecule has 0 heterocycles. The Morgan fingerprint density at radius 3 is 0.852 bits per heavy atom. The average molecular weight is 863 g/mol. The van der Waals surface area contributed by atoms with Gasteiger partial charge in [0.05, 0.1) is 0 Å². The third kappa shape index (κ3) is 46.2. The van der Waals surface area contributed by atoms with Crippen molar-refractivity contribution in [1.29, 1.82) is 0 Å². The molecule has 61 heavy (non-hydrogen) atoms. The van der Waals surface area contributed by atoms with Crippen LogP contribution in [0.2, 0.25) is 0 Å². The van der Waals surface area contributed by atoms with Crippen molar-refractivity contribution in [3.8, 4) is 0 Å². The maximum atomic E-state index is 12.8. The Hall–Kier alpha value is -1.59. The third-order valence-electron chi connectivity index (χ3n) is 13.2. The summed E-state index contributed by atoms with van der Waals surface area (Å²) in [5.74, 6) is 0.892. The summed E-state index contributed by atoms with van der Waals surface area (Å²) in [5, 5.41) is 0. The molecule has 0 aliphatic heterocycles. The molecule has 0 amide bonds. The summed E-state index contributed by atoms with van der Waals surface area (Å²) >= 11 is 0. The molecule has 0 N–H and O–H groups in total. The molecule has 0 fully saturated rings. The predicted molar refractivity (Wildman–Crippen MR) is 261 cm³/mol. The zero-order chi connectivity index (χ0) is 44.7. The largest absolute Gasteiger partial charge is 0.462 e. The van der Waals surface area contributed by atoms with Gasteiger partial charge in [0.2, 0.25) is 0 Å². The van der Waals surface area contributed by atoms with E-state index in [1.165, 1.54) is 193 Å². The summed E-state index contributed by atoms with van der Waals surface area (Å²) in [4.78, 5) is 38.0.